The van der Waals surface area contributed by atoms with Gasteiger partial charge in [-0.05, 0) is 98.5 Å². The number of carbonyl (C=O) groups excluding carboxylic acids is 4. The quantitative estimate of drug-likeness (QED) is 0.0343. The molecule has 0 heterocycles. The molecular weight excluding hydrogens is 801 g/mol. The zero-order valence-electron chi connectivity index (χ0n) is 37.8. The fourth-order valence-corrected chi connectivity index (χ4v) is 5.59. The molecule has 334 valence electrons. The first-order valence-corrected chi connectivity index (χ1v) is 20.4. The first-order valence-electron chi connectivity index (χ1n) is 20.4. The molecule has 0 atom stereocenters. The summed E-state index contributed by atoms with van der Waals surface area (Å²) in [6.07, 6.45) is 0. The molecule has 11 heteroatoms. The van der Waals surface area contributed by atoms with Gasteiger partial charge in [-0.2, -0.15) is 0 Å². The van der Waals surface area contributed by atoms with Crippen LogP contribution < -0.4 is 18.9 Å². The second-order valence-electron chi connectivity index (χ2n) is 15.8. The summed E-state index contributed by atoms with van der Waals surface area (Å²) >= 11 is 0. The van der Waals surface area contributed by atoms with Crippen LogP contribution in [0.1, 0.15) is 77.6 Å². The fraction of sp³-hybridized carbons (Fsp3) is 0.308. The van der Waals surface area contributed by atoms with Gasteiger partial charge >= 0.3 is 23.9 Å². The second-order valence-corrected chi connectivity index (χ2v) is 15.8. The molecule has 0 aliphatic carbocycles. The van der Waals surface area contributed by atoms with Crippen molar-refractivity contribution in [2.45, 2.75) is 66.2 Å². The summed E-state index contributed by atoms with van der Waals surface area (Å²) in [4.78, 5) is 45.9. The van der Waals surface area contributed by atoms with Crippen molar-refractivity contribution in [2.75, 3.05) is 39.6 Å². The molecule has 0 N–H and O–H groups in total. The summed E-state index contributed by atoms with van der Waals surface area (Å²) < 4.78 is 37.3. The molecule has 0 saturated carbocycles. The molecule has 0 aliphatic heterocycles. The van der Waals surface area contributed by atoms with Crippen LogP contribution in [-0.2, 0) is 44.2 Å². The normalized spacial score (nSPS) is 10.9. The van der Waals surface area contributed by atoms with Gasteiger partial charge in [0.2, 0.25) is 0 Å². The van der Waals surface area contributed by atoms with Gasteiger partial charge in [-0.15, -0.1) is 0 Å². The van der Waals surface area contributed by atoms with E-state index in [0.717, 1.165) is 28.0 Å². The van der Waals surface area contributed by atoms with Gasteiger partial charge in [-0.1, -0.05) is 103 Å². The molecular formula is C52H60O11. The van der Waals surface area contributed by atoms with Gasteiger partial charge in [0.1, 0.15) is 49.4 Å². The minimum Gasteiger partial charge on any atom is -0.491 e. The zero-order valence-corrected chi connectivity index (χ0v) is 37.8. The molecule has 0 unspecified atom stereocenters. The predicted octanol–water partition coefficient (Wildman–Crippen LogP) is 10.0. The third kappa shape index (κ3) is 16.2. The van der Waals surface area contributed by atoms with Crippen molar-refractivity contribution in [1.82, 2.24) is 0 Å². The van der Waals surface area contributed by atoms with Crippen molar-refractivity contribution in [2.24, 2.45) is 0 Å². The fourth-order valence-electron chi connectivity index (χ4n) is 5.59. The van der Waals surface area contributed by atoms with E-state index in [1.54, 1.807) is 52.0 Å². The molecule has 63 heavy (non-hydrogen) atoms. The van der Waals surface area contributed by atoms with Crippen molar-refractivity contribution in [3.63, 3.8) is 0 Å². The standard InChI is InChI=1S/C29H36O7.C23H24O4/c1-21(2)27(30)35-18-16-32-15-17-33-25-11-7-23(8-12-25)29(5,6)24-9-13-26(14-10-24)34-19-20-36-28(31)22(3)4;1-15(2)21(24)26-19-11-7-17(8-12-19)23(5,6)18-9-13-20(14-10-18)27-22(25)16(3)4/h7-14H,1,3,15-20H2,2,4-6H3;7-14H,1,3H2,2,4-6H3. The molecule has 0 amide bonds. The molecule has 0 spiro atoms. The molecule has 0 fully saturated rings. The van der Waals surface area contributed by atoms with E-state index >= 15 is 0 Å². The van der Waals surface area contributed by atoms with Gasteiger partial charge < -0.3 is 33.2 Å². The average Bonchev–Trinajstić information content (AvgIpc) is 3.25. The van der Waals surface area contributed by atoms with E-state index in [2.05, 4.69) is 54.0 Å². The monoisotopic (exact) mass is 860 g/mol. The maximum atomic E-state index is 11.6. The van der Waals surface area contributed by atoms with Crippen LogP contribution in [0.25, 0.3) is 0 Å². The lowest BCUT2D eigenvalue weighted by molar-refractivity contribution is -0.141. The number of hydrogen-bond donors (Lipinski definition) is 0. The highest BCUT2D eigenvalue weighted by atomic mass is 16.6. The molecule has 4 aromatic carbocycles. The number of ether oxygens (including phenoxy) is 7. The smallest absolute Gasteiger partial charge is 0.338 e. The lowest BCUT2D eigenvalue weighted by atomic mass is 9.78. The maximum absolute atomic E-state index is 11.6. The van der Waals surface area contributed by atoms with Gasteiger partial charge in [0.15, 0.2) is 0 Å². The van der Waals surface area contributed by atoms with Gasteiger partial charge in [0.25, 0.3) is 0 Å². The Morgan fingerprint density at radius 3 is 0.937 bits per heavy atom. The average molecular weight is 861 g/mol. The third-order valence-electron chi connectivity index (χ3n) is 9.66. The topological polar surface area (TPSA) is 133 Å². The minimum absolute atomic E-state index is 0.171. The summed E-state index contributed by atoms with van der Waals surface area (Å²) in [5.41, 5.74) is 5.33. The Morgan fingerprint density at radius 1 is 0.381 bits per heavy atom. The van der Waals surface area contributed by atoms with E-state index in [-0.39, 0.29) is 30.7 Å². The molecule has 4 aromatic rings. The molecule has 0 bridgehead atoms. The van der Waals surface area contributed by atoms with Gasteiger partial charge in [0, 0.05) is 33.1 Å². The van der Waals surface area contributed by atoms with Crippen molar-refractivity contribution < 1.29 is 52.3 Å². The summed E-state index contributed by atoms with van der Waals surface area (Å²) in [6, 6.07) is 30.6. The van der Waals surface area contributed by atoms with E-state index < -0.39 is 23.9 Å². The van der Waals surface area contributed by atoms with E-state index in [4.69, 9.17) is 33.2 Å². The second kappa shape index (κ2) is 24.1. The van der Waals surface area contributed by atoms with Crippen LogP contribution in [0.3, 0.4) is 0 Å². The number of carbonyl (C=O) groups is 4. The Morgan fingerprint density at radius 2 is 0.635 bits per heavy atom. The molecule has 4 rings (SSSR count). The minimum atomic E-state index is -0.443. The first-order chi connectivity index (χ1) is 29.7. The van der Waals surface area contributed by atoms with Crippen molar-refractivity contribution in [1.29, 1.82) is 0 Å². The third-order valence-corrected chi connectivity index (χ3v) is 9.66. The first kappa shape index (κ1) is 50.6. The highest BCUT2D eigenvalue weighted by Gasteiger charge is 2.25. The highest BCUT2D eigenvalue weighted by molar-refractivity contribution is 5.89. The lowest BCUT2D eigenvalue weighted by Gasteiger charge is -2.26. The molecule has 0 saturated heterocycles. The van der Waals surface area contributed by atoms with Crippen LogP contribution in [-0.4, -0.2) is 63.5 Å². The van der Waals surface area contributed by atoms with Crippen LogP contribution in [0.4, 0.5) is 0 Å². The summed E-state index contributed by atoms with van der Waals surface area (Å²) in [6.45, 7) is 30.9. The van der Waals surface area contributed by atoms with Crippen molar-refractivity contribution in [3.8, 4) is 23.0 Å². The maximum Gasteiger partial charge on any atom is 0.338 e. The van der Waals surface area contributed by atoms with Gasteiger partial charge in [0.05, 0.1) is 13.2 Å². The van der Waals surface area contributed by atoms with Crippen LogP contribution in [0.15, 0.2) is 146 Å². The Hall–Kier alpha value is -6.72. The lowest BCUT2D eigenvalue weighted by Crippen LogP contribution is -2.19. The Balaban J connectivity index is 0.000000349. The Kier molecular flexibility index (Phi) is 19.3. The van der Waals surface area contributed by atoms with Crippen molar-refractivity contribution >= 4 is 23.9 Å². The molecule has 0 radical (unpaired) electrons. The molecule has 0 aliphatic rings. The SMILES string of the molecule is C=C(C)C(=O)OCCOCCOc1ccc(C(C)(C)c2ccc(OCCOC(=O)C(=C)C)cc2)cc1.C=C(C)C(=O)Oc1ccc(C(C)(C)c2ccc(OC(=O)C(=C)C)cc2)cc1. The Bertz CT molecular complexity index is 2140. The largest absolute Gasteiger partial charge is 0.491 e. The predicted molar refractivity (Wildman–Crippen MR) is 244 cm³/mol. The number of rotatable bonds is 21. The number of hydrogen-bond acceptors (Lipinski definition) is 11. The van der Waals surface area contributed by atoms with E-state index in [1.165, 1.54) is 0 Å². The zero-order chi connectivity index (χ0) is 46.7. The highest BCUT2D eigenvalue weighted by Crippen LogP contribution is 2.35. The molecule has 11 nitrogen and oxygen atoms in total. The summed E-state index contributed by atoms with van der Waals surface area (Å²) in [5, 5.41) is 0. The van der Waals surface area contributed by atoms with Crippen LogP contribution >= 0.6 is 0 Å². The van der Waals surface area contributed by atoms with E-state index in [0.29, 0.717) is 59.4 Å². The molecule has 0 aromatic heterocycles. The number of esters is 4. The van der Waals surface area contributed by atoms with Crippen LogP contribution in [0, 0.1) is 0 Å². The number of benzene rings is 4. The summed E-state index contributed by atoms with van der Waals surface area (Å²) in [7, 11) is 0. The van der Waals surface area contributed by atoms with Gasteiger partial charge in [-0.25, -0.2) is 19.2 Å². The van der Waals surface area contributed by atoms with E-state index in [1.807, 2.05) is 72.8 Å². The van der Waals surface area contributed by atoms with Gasteiger partial charge in [-0.3, -0.25) is 0 Å². The Labute approximate surface area is 372 Å². The summed E-state index contributed by atoms with van der Waals surface area (Å²) in [5.74, 6) is 0.696. The van der Waals surface area contributed by atoms with E-state index in [9.17, 15) is 19.2 Å². The van der Waals surface area contributed by atoms with Crippen molar-refractivity contribution in [3.05, 3.63) is 168 Å². The van der Waals surface area contributed by atoms with Crippen LogP contribution in [0.2, 0.25) is 0 Å². The van der Waals surface area contributed by atoms with Crippen LogP contribution in [0.5, 0.6) is 23.0 Å².